The highest BCUT2D eigenvalue weighted by molar-refractivity contribution is 5.63. The van der Waals surface area contributed by atoms with Gasteiger partial charge < -0.3 is 16.2 Å². The molecule has 0 fully saturated rings. The summed E-state index contributed by atoms with van der Waals surface area (Å²) in [6, 6.07) is 4.27. The second-order valence-corrected chi connectivity index (χ2v) is 9.04. The van der Waals surface area contributed by atoms with Gasteiger partial charge in [0.25, 0.3) is 0 Å². The minimum Gasteiger partial charge on any atom is -0.508 e. The van der Waals surface area contributed by atoms with Crippen LogP contribution in [0.25, 0.3) is 0 Å². The first kappa shape index (κ1) is 20.1. The summed E-state index contributed by atoms with van der Waals surface area (Å²) in [6.07, 6.45) is 8.15. The molecule has 0 spiro atoms. The van der Waals surface area contributed by atoms with Crippen LogP contribution in [-0.2, 0) is 11.8 Å². The first-order valence-corrected chi connectivity index (χ1v) is 10.1. The van der Waals surface area contributed by atoms with E-state index in [1.807, 2.05) is 6.07 Å². The second kappa shape index (κ2) is 7.99. The second-order valence-electron chi connectivity index (χ2n) is 9.04. The van der Waals surface area contributed by atoms with Crippen LogP contribution in [0.1, 0.15) is 84.3 Å². The van der Waals surface area contributed by atoms with Gasteiger partial charge in [0.2, 0.25) is 0 Å². The number of phenolic OH excluding ortho intramolecular Hbond substituents is 1. The van der Waals surface area contributed by atoms with E-state index in [-0.39, 0.29) is 11.0 Å². The molecule has 0 amide bonds. The van der Waals surface area contributed by atoms with E-state index in [1.54, 1.807) is 0 Å². The minimum absolute atomic E-state index is 0.00268. The van der Waals surface area contributed by atoms with Crippen LogP contribution in [0.2, 0.25) is 0 Å². The summed E-state index contributed by atoms with van der Waals surface area (Å²) in [5, 5.41) is 14.4. The topological polar surface area (TPSA) is 58.3 Å². The molecule has 25 heavy (non-hydrogen) atoms. The van der Waals surface area contributed by atoms with Crippen LogP contribution >= 0.6 is 0 Å². The quantitative estimate of drug-likeness (QED) is 0.556. The molecule has 3 heteroatoms. The Labute approximate surface area is 154 Å². The standard InChI is InChI=1S/C22H38N2O/c1-6-7-8-9-11-21(2,3)17-14-19-18(20(25)15-17)13-16(10-12-23)22(4,5)24-19/h14-16,24-25H,6-13,23H2,1-5H3. The lowest BCUT2D eigenvalue weighted by atomic mass is 9.74. The van der Waals surface area contributed by atoms with E-state index in [9.17, 15) is 5.11 Å². The molecule has 1 aliphatic rings. The summed E-state index contributed by atoms with van der Waals surface area (Å²) >= 11 is 0. The van der Waals surface area contributed by atoms with Crippen molar-refractivity contribution in [3.8, 4) is 5.75 Å². The van der Waals surface area contributed by atoms with Gasteiger partial charge in [0.1, 0.15) is 5.75 Å². The smallest absolute Gasteiger partial charge is 0.121 e. The lowest BCUT2D eigenvalue weighted by Gasteiger charge is -2.42. The maximum Gasteiger partial charge on any atom is 0.121 e. The highest BCUT2D eigenvalue weighted by atomic mass is 16.3. The molecule has 0 radical (unpaired) electrons. The Hall–Kier alpha value is -1.22. The molecule has 1 aromatic rings. The lowest BCUT2D eigenvalue weighted by Crippen LogP contribution is -2.45. The van der Waals surface area contributed by atoms with E-state index in [4.69, 9.17) is 5.73 Å². The van der Waals surface area contributed by atoms with E-state index in [2.05, 4.69) is 46.0 Å². The third-order valence-electron chi connectivity index (χ3n) is 6.11. The highest BCUT2D eigenvalue weighted by Crippen LogP contribution is 2.43. The molecule has 1 unspecified atom stereocenters. The van der Waals surface area contributed by atoms with Crippen LogP contribution < -0.4 is 11.1 Å². The number of hydrogen-bond acceptors (Lipinski definition) is 3. The molecule has 1 atom stereocenters. The van der Waals surface area contributed by atoms with Gasteiger partial charge in [-0.1, -0.05) is 46.5 Å². The van der Waals surface area contributed by atoms with Crippen LogP contribution in [0.5, 0.6) is 5.75 Å². The molecule has 3 nitrogen and oxygen atoms in total. The summed E-state index contributed by atoms with van der Waals surface area (Å²) in [5.41, 5.74) is 9.29. The Morgan fingerprint density at radius 1 is 1.24 bits per heavy atom. The average molecular weight is 347 g/mol. The predicted octanol–water partition coefficient (Wildman–Crippen LogP) is 5.35. The normalized spacial score (nSPS) is 19.4. The first-order valence-electron chi connectivity index (χ1n) is 10.1. The van der Waals surface area contributed by atoms with Crippen LogP contribution in [0, 0.1) is 5.92 Å². The number of benzene rings is 1. The molecule has 142 valence electrons. The average Bonchev–Trinajstić information content (AvgIpc) is 2.52. The van der Waals surface area contributed by atoms with Gasteiger partial charge in [0.15, 0.2) is 0 Å². The van der Waals surface area contributed by atoms with Crippen molar-refractivity contribution in [2.24, 2.45) is 11.7 Å². The molecule has 1 aliphatic heterocycles. The predicted molar refractivity (Wildman–Crippen MR) is 108 cm³/mol. The molecule has 1 aromatic carbocycles. The number of hydrogen-bond donors (Lipinski definition) is 3. The Morgan fingerprint density at radius 3 is 2.60 bits per heavy atom. The fraction of sp³-hybridized carbons (Fsp3) is 0.727. The van der Waals surface area contributed by atoms with Crippen LogP contribution in [-0.4, -0.2) is 17.2 Å². The first-order chi connectivity index (χ1) is 11.7. The fourth-order valence-corrected chi connectivity index (χ4v) is 4.13. The van der Waals surface area contributed by atoms with E-state index < -0.39 is 0 Å². The molecule has 0 aromatic heterocycles. The summed E-state index contributed by atoms with van der Waals surface area (Å²) in [6.45, 7) is 12.0. The minimum atomic E-state index is 0.00268. The van der Waals surface area contributed by atoms with Crippen molar-refractivity contribution in [2.45, 2.75) is 90.5 Å². The molecule has 0 aliphatic carbocycles. The van der Waals surface area contributed by atoms with Crippen LogP contribution in [0.15, 0.2) is 12.1 Å². The third kappa shape index (κ3) is 4.69. The lowest BCUT2D eigenvalue weighted by molar-refractivity contribution is 0.312. The van der Waals surface area contributed by atoms with Crippen molar-refractivity contribution < 1.29 is 5.11 Å². The fourth-order valence-electron chi connectivity index (χ4n) is 4.13. The maximum absolute atomic E-state index is 10.7. The largest absolute Gasteiger partial charge is 0.508 e. The molecular weight excluding hydrogens is 308 g/mol. The Morgan fingerprint density at radius 2 is 1.96 bits per heavy atom. The SMILES string of the molecule is CCCCCCC(C)(C)c1cc(O)c2c(c1)NC(C)(C)C(CCN)C2. The van der Waals surface area contributed by atoms with Crippen LogP contribution in [0.3, 0.4) is 0 Å². The number of nitrogens with two attached hydrogens (primary N) is 1. The third-order valence-corrected chi connectivity index (χ3v) is 6.11. The van der Waals surface area contributed by atoms with Gasteiger partial charge in [-0.25, -0.2) is 0 Å². The Balaban J connectivity index is 2.24. The van der Waals surface area contributed by atoms with Crippen LogP contribution in [0.4, 0.5) is 5.69 Å². The Bertz CT molecular complexity index is 578. The number of anilines is 1. The summed E-state index contributed by atoms with van der Waals surface area (Å²) in [5.74, 6) is 0.892. The van der Waals surface area contributed by atoms with Crippen molar-refractivity contribution in [2.75, 3.05) is 11.9 Å². The molecule has 0 bridgehead atoms. The van der Waals surface area contributed by atoms with E-state index in [0.717, 1.165) is 30.5 Å². The molecule has 2 rings (SSSR count). The zero-order valence-electron chi connectivity index (χ0n) is 16.9. The van der Waals surface area contributed by atoms with Crippen molar-refractivity contribution in [3.63, 3.8) is 0 Å². The number of nitrogens with one attached hydrogen (secondary N) is 1. The summed E-state index contributed by atoms with van der Waals surface area (Å²) < 4.78 is 0. The zero-order chi connectivity index (χ0) is 18.7. The van der Waals surface area contributed by atoms with Gasteiger partial charge in [0.05, 0.1) is 0 Å². The maximum atomic E-state index is 10.7. The number of aromatic hydroxyl groups is 1. The highest BCUT2D eigenvalue weighted by Gasteiger charge is 2.36. The molecule has 4 N–H and O–H groups in total. The number of fused-ring (bicyclic) bond motifs is 1. The van der Waals surface area contributed by atoms with E-state index in [0.29, 0.717) is 18.2 Å². The van der Waals surface area contributed by atoms with Gasteiger partial charge >= 0.3 is 0 Å². The summed E-state index contributed by atoms with van der Waals surface area (Å²) in [7, 11) is 0. The molecule has 1 heterocycles. The number of rotatable bonds is 8. The zero-order valence-corrected chi connectivity index (χ0v) is 16.9. The molecule has 0 saturated carbocycles. The van der Waals surface area contributed by atoms with E-state index >= 15 is 0 Å². The Kier molecular flexibility index (Phi) is 6.42. The van der Waals surface area contributed by atoms with Crippen molar-refractivity contribution in [1.82, 2.24) is 0 Å². The molecule has 0 saturated heterocycles. The van der Waals surface area contributed by atoms with Gasteiger partial charge in [-0.3, -0.25) is 0 Å². The van der Waals surface area contributed by atoms with Gasteiger partial charge in [-0.15, -0.1) is 0 Å². The number of phenols is 1. The van der Waals surface area contributed by atoms with E-state index in [1.165, 1.54) is 31.2 Å². The van der Waals surface area contributed by atoms with Gasteiger partial charge in [0, 0.05) is 16.8 Å². The molecular formula is C22H38N2O. The van der Waals surface area contributed by atoms with Gasteiger partial charge in [-0.05, 0) is 68.7 Å². The van der Waals surface area contributed by atoms with Crippen molar-refractivity contribution in [3.05, 3.63) is 23.3 Å². The number of unbranched alkanes of at least 4 members (excludes halogenated alkanes) is 3. The summed E-state index contributed by atoms with van der Waals surface area (Å²) in [4.78, 5) is 0. The van der Waals surface area contributed by atoms with Crippen molar-refractivity contribution in [1.29, 1.82) is 0 Å². The van der Waals surface area contributed by atoms with Crippen molar-refractivity contribution >= 4 is 5.69 Å². The van der Waals surface area contributed by atoms with Gasteiger partial charge in [-0.2, -0.15) is 0 Å². The monoisotopic (exact) mass is 346 g/mol.